The minimum absolute atomic E-state index is 0.0207. The van der Waals surface area contributed by atoms with Crippen LogP contribution in [-0.4, -0.2) is 15.7 Å². The summed E-state index contributed by atoms with van der Waals surface area (Å²) >= 11 is 5.78. The second kappa shape index (κ2) is 7.10. The molecule has 0 bridgehead atoms. The zero-order valence-electron chi connectivity index (χ0n) is 11.4. The fraction of sp³-hybridized carbons (Fsp3) is 0.333. The molecule has 5 heteroatoms. The van der Waals surface area contributed by atoms with Crippen LogP contribution < -0.4 is 5.32 Å². The van der Waals surface area contributed by atoms with E-state index >= 15 is 0 Å². The molecule has 1 aromatic carbocycles. The Labute approximate surface area is 123 Å². The van der Waals surface area contributed by atoms with Crippen LogP contribution in [0.1, 0.15) is 31.4 Å². The summed E-state index contributed by atoms with van der Waals surface area (Å²) in [6, 6.07) is 10.1. The van der Waals surface area contributed by atoms with E-state index in [1.165, 1.54) is 0 Å². The van der Waals surface area contributed by atoms with Crippen molar-refractivity contribution in [2.24, 2.45) is 0 Å². The number of aromatic nitrogens is 2. The molecule has 0 radical (unpaired) electrons. The lowest BCUT2D eigenvalue weighted by molar-refractivity contribution is -0.122. The van der Waals surface area contributed by atoms with E-state index in [0.717, 1.165) is 12.0 Å². The normalized spacial score (nSPS) is 12.1. The Bertz CT molecular complexity index is 553. The molecule has 0 spiro atoms. The third-order valence-electron chi connectivity index (χ3n) is 3.12. The predicted molar refractivity (Wildman–Crippen MR) is 79.5 cm³/mol. The van der Waals surface area contributed by atoms with E-state index in [1.807, 2.05) is 30.3 Å². The topological polar surface area (TPSA) is 46.9 Å². The quantitative estimate of drug-likeness (QED) is 0.888. The van der Waals surface area contributed by atoms with Crippen molar-refractivity contribution in [3.63, 3.8) is 0 Å². The molecular weight excluding hydrogens is 274 g/mol. The third kappa shape index (κ3) is 4.10. The van der Waals surface area contributed by atoms with Crippen LogP contribution >= 0.6 is 11.6 Å². The van der Waals surface area contributed by atoms with E-state index in [9.17, 15) is 4.79 Å². The Hall–Kier alpha value is -1.81. The highest BCUT2D eigenvalue weighted by Crippen LogP contribution is 2.16. The predicted octanol–water partition coefficient (Wildman–Crippen LogP) is 3.19. The maximum Gasteiger partial charge on any atom is 0.222 e. The molecule has 1 heterocycles. The Morgan fingerprint density at radius 3 is 2.75 bits per heavy atom. The fourth-order valence-electron chi connectivity index (χ4n) is 2.05. The summed E-state index contributed by atoms with van der Waals surface area (Å²) in [5, 5.41) is 7.68. The van der Waals surface area contributed by atoms with E-state index in [-0.39, 0.29) is 11.9 Å². The summed E-state index contributed by atoms with van der Waals surface area (Å²) < 4.78 is 1.67. The van der Waals surface area contributed by atoms with Gasteiger partial charge in [-0.3, -0.25) is 9.48 Å². The molecule has 2 rings (SSSR count). The van der Waals surface area contributed by atoms with Crippen LogP contribution in [0.15, 0.2) is 42.7 Å². The second-order valence-electron chi connectivity index (χ2n) is 4.61. The van der Waals surface area contributed by atoms with Crippen LogP contribution in [0.25, 0.3) is 0 Å². The molecule has 20 heavy (non-hydrogen) atoms. The summed E-state index contributed by atoms with van der Waals surface area (Å²) in [6.45, 7) is 2.59. The smallest absolute Gasteiger partial charge is 0.222 e. The number of aryl methyl sites for hydroxylation is 1. The molecule has 1 aromatic heterocycles. The molecule has 1 unspecified atom stereocenters. The minimum atomic E-state index is 0.0207. The van der Waals surface area contributed by atoms with E-state index in [2.05, 4.69) is 17.3 Å². The highest BCUT2D eigenvalue weighted by molar-refractivity contribution is 6.30. The van der Waals surface area contributed by atoms with Gasteiger partial charge in [0, 0.05) is 19.2 Å². The minimum Gasteiger partial charge on any atom is -0.349 e. The first-order valence-electron chi connectivity index (χ1n) is 6.71. The molecular formula is C15H18ClN3O. The highest BCUT2D eigenvalue weighted by Gasteiger charge is 2.12. The van der Waals surface area contributed by atoms with Gasteiger partial charge in [-0.25, -0.2) is 0 Å². The van der Waals surface area contributed by atoms with Crippen LogP contribution in [-0.2, 0) is 11.3 Å². The van der Waals surface area contributed by atoms with Gasteiger partial charge in [0.15, 0.2) is 0 Å². The monoisotopic (exact) mass is 291 g/mol. The number of amides is 1. The Morgan fingerprint density at radius 1 is 1.40 bits per heavy atom. The van der Waals surface area contributed by atoms with E-state index in [4.69, 9.17) is 11.6 Å². The van der Waals surface area contributed by atoms with Crippen molar-refractivity contribution in [2.45, 2.75) is 32.4 Å². The van der Waals surface area contributed by atoms with Crippen LogP contribution in [0.2, 0.25) is 5.02 Å². The molecule has 1 amide bonds. The lowest BCUT2D eigenvalue weighted by atomic mass is 10.0. The average Bonchev–Trinajstić information content (AvgIpc) is 2.89. The van der Waals surface area contributed by atoms with Crippen LogP contribution in [0.5, 0.6) is 0 Å². The number of halogens is 1. The summed E-state index contributed by atoms with van der Waals surface area (Å²) in [5.74, 6) is 0.0207. The molecule has 0 aliphatic heterocycles. The lowest BCUT2D eigenvalue weighted by Crippen LogP contribution is -2.28. The summed E-state index contributed by atoms with van der Waals surface area (Å²) in [4.78, 5) is 12.0. The van der Waals surface area contributed by atoms with Crippen molar-refractivity contribution in [1.82, 2.24) is 15.1 Å². The average molecular weight is 292 g/mol. The van der Waals surface area contributed by atoms with Crippen molar-refractivity contribution in [1.29, 1.82) is 0 Å². The molecule has 1 N–H and O–H groups in total. The third-order valence-corrected chi connectivity index (χ3v) is 3.31. The maximum absolute atomic E-state index is 12.0. The van der Waals surface area contributed by atoms with Crippen molar-refractivity contribution in [2.75, 3.05) is 0 Å². The van der Waals surface area contributed by atoms with Crippen LogP contribution in [0, 0.1) is 0 Å². The van der Waals surface area contributed by atoms with Crippen molar-refractivity contribution in [3.8, 4) is 0 Å². The summed E-state index contributed by atoms with van der Waals surface area (Å²) in [7, 11) is 0. The Morgan fingerprint density at radius 2 is 2.15 bits per heavy atom. The SMILES string of the molecule is CCC(NC(=O)CCn1cc(Cl)cn1)c1ccccc1. The molecule has 106 valence electrons. The van der Waals surface area contributed by atoms with Gasteiger partial charge < -0.3 is 5.32 Å². The molecule has 0 aliphatic carbocycles. The lowest BCUT2D eigenvalue weighted by Gasteiger charge is -2.17. The first kappa shape index (κ1) is 14.6. The van der Waals surface area contributed by atoms with Crippen LogP contribution in [0.3, 0.4) is 0 Å². The van der Waals surface area contributed by atoms with Crippen molar-refractivity contribution in [3.05, 3.63) is 53.3 Å². The zero-order valence-corrected chi connectivity index (χ0v) is 12.2. The van der Waals surface area contributed by atoms with Gasteiger partial charge in [-0.1, -0.05) is 48.9 Å². The van der Waals surface area contributed by atoms with Gasteiger partial charge in [0.05, 0.1) is 17.3 Å². The largest absolute Gasteiger partial charge is 0.349 e. The number of nitrogens with one attached hydrogen (secondary N) is 1. The first-order chi connectivity index (χ1) is 9.69. The number of rotatable bonds is 6. The fourth-order valence-corrected chi connectivity index (χ4v) is 2.21. The number of benzene rings is 1. The maximum atomic E-state index is 12.0. The molecule has 0 aliphatic rings. The van der Waals surface area contributed by atoms with E-state index in [1.54, 1.807) is 17.1 Å². The number of nitrogens with zero attached hydrogens (tertiary/aromatic N) is 2. The van der Waals surface area contributed by atoms with Gasteiger partial charge in [0.2, 0.25) is 5.91 Å². The Kier molecular flexibility index (Phi) is 5.18. The number of hydrogen-bond acceptors (Lipinski definition) is 2. The first-order valence-corrected chi connectivity index (χ1v) is 7.09. The van der Waals surface area contributed by atoms with Gasteiger partial charge in [0.1, 0.15) is 0 Å². The van der Waals surface area contributed by atoms with E-state index in [0.29, 0.717) is 18.0 Å². The second-order valence-corrected chi connectivity index (χ2v) is 5.05. The molecule has 0 saturated heterocycles. The highest BCUT2D eigenvalue weighted by atomic mass is 35.5. The standard InChI is InChI=1S/C15H18ClN3O/c1-2-14(12-6-4-3-5-7-12)18-15(20)8-9-19-11-13(16)10-17-19/h3-7,10-11,14H,2,8-9H2,1H3,(H,18,20). The number of carbonyl (C=O) groups excluding carboxylic acids is 1. The number of hydrogen-bond donors (Lipinski definition) is 1. The molecule has 4 nitrogen and oxygen atoms in total. The summed E-state index contributed by atoms with van der Waals surface area (Å²) in [6.07, 6.45) is 4.53. The zero-order chi connectivity index (χ0) is 14.4. The summed E-state index contributed by atoms with van der Waals surface area (Å²) in [5.41, 5.74) is 1.13. The number of carbonyl (C=O) groups is 1. The van der Waals surface area contributed by atoms with Gasteiger partial charge in [-0.05, 0) is 12.0 Å². The van der Waals surface area contributed by atoms with Gasteiger partial charge in [-0.15, -0.1) is 0 Å². The van der Waals surface area contributed by atoms with Gasteiger partial charge in [-0.2, -0.15) is 5.10 Å². The molecule has 1 atom stereocenters. The van der Waals surface area contributed by atoms with E-state index < -0.39 is 0 Å². The molecule has 0 fully saturated rings. The molecule has 0 saturated carbocycles. The van der Waals surface area contributed by atoms with Gasteiger partial charge in [0.25, 0.3) is 0 Å². The van der Waals surface area contributed by atoms with Crippen molar-refractivity contribution >= 4 is 17.5 Å². The Balaban J connectivity index is 1.86. The van der Waals surface area contributed by atoms with Gasteiger partial charge >= 0.3 is 0 Å². The van der Waals surface area contributed by atoms with Crippen LogP contribution in [0.4, 0.5) is 0 Å². The molecule has 2 aromatic rings. The van der Waals surface area contributed by atoms with Crippen molar-refractivity contribution < 1.29 is 4.79 Å².